The number of nitrogens with one attached hydrogen (secondary N) is 1. The summed E-state index contributed by atoms with van der Waals surface area (Å²) in [6, 6.07) is 7.24. The summed E-state index contributed by atoms with van der Waals surface area (Å²) in [7, 11) is 0. The Kier molecular flexibility index (Phi) is 4.65. The minimum absolute atomic E-state index is 0.0188. The van der Waals surface area contributed by atoms with E-state index in [0.717, 1.165) is 4.57 Å². The molecule has 0 radical (unpaired) electrons. The summed E-state index contributed by atoms with van der Waals surface area (Å²) in [5, 5.41) is 5.97. The average Bonchev–Trinajstić information content (AvgIpc) is 3.35. The van der Waals surface area contributed by atoms with Crippen molar-refractivity contribution in [3.63, 3.8) is 0 Å². The predicted octanol–water partition coefficient (Wildman–Crippen LogP) is 2.49. The first-order valence-electron chi connectivity index (χ1n) is 9.65. The molecule has 0 saturated carbocycles. The number of fused-ring (bicyclic) bond motifs is 1. The van der Waals surface area contributed by atoms with Crippen LogP contribution >= 0.6 is 0 Å². The van der Waals surface area contributed by atoms with Gasteiger partial charge in [0.15, 0.2) is 11.4 Å². The number of oxazole rings is 1. The lowest BCUT2D eigenvalue weighted by Crippen LogP contribution is -2.43. The fraction of sp³-hybridized carbons (Fsp3) is 0.190. The monoisotopic (exact) mass is 440 g/mol. The van der Waals surface area contributed by atoms with Crippen LogP contribution in [0.25, 0.3) is 22.5 Å². The van der Waals surface area contributed by atoms with Crippen molar-refractivity contribution in [2.75, 3.05) is 0 Å². The third-order valence-corrected chi connectivity index (χ3v) is 5.23. The van der Waals surface area contributed by atoms with E-state index in [9.17, 15) is 18.8 Å². The molecular formula is C21H14F2N4O5. The Morgan fingerprint density at radius 1 is 1.09 bits per heavy atom. The van der Waals surface area contributed by atoms with Crippen LogP contribution < -0.4 is 11.1 Å². The van der Waals surface area contributed by atoms with Gasteiger partial charge in [0.05, 0.1) is 6.42 Å². The molecule has 1 N–H and O–H groups in total. The van der Waals surface area contributed by atoms with Gasteiger partial charge in [0.25, 0.3) is 0 Å². The summed E-state index contributed by atoms with van der Waals surface area (Å²) in [5.41, 5.74) is 0.450. The standard InChI is InChI=1S/C21H14F2N4O5/c22-12-4-1-10(2-5-12)19-25-16(32-26-19)9-11-3-7-14-18(17(11)23)27(21(30)31-14)13-6-8-15(28)24-20(13)29/h1-5,7,13H,6,8-9H2,(H,24,28,29). The SMILES string of the molecule is O=C1CCC(n2c(=O)oc3ccc(Cc4nc(-c5ccc(F)cc5)no4)c(F)c32)C(=O)N1. The van der Waals surface area contributed by atoms with Crippen LogP contribution in [0, 0.1) is 11.6 Å². The van der Waals surface area contributed by atoms with E-state index in [-0.39, 0.29) is 47.6 Å². The van der Waals surface area contributed by atoms with Gasteiger partial charge in [-0.3, -0.25) is 19.5 Å². The van der Waals surface area contributed by atoms with Gasteiger partial charge in [0.1, 0.15) is 17.4 Å². The van der Waals surface area contributed by atoms with Crippen molar-refractivity contribution in [1.82, 2.24) is 20.0 Å². The lowest BCUT2D eigenvalue weighted by Gasteiger charge is -2.21. The summed E-state index contributed by atoms with van der Waals surface area (Å²) in [6.45, 7) is 0. The molecule has 2 amide bonds. The molecule has 1 fully saturated rings. The Hall–Kier alpha value is -4.15. The number of aromatic nitrogens is 3. The Bertz CT molecular complexity index is 1420. The van der Waals surface area contributed by atoms with Crippen LogP contribution in [-0.4, -0.2) is 26.5 Å². The smallest absolute Gasteiger partial charge is 0.408 e. The van der Waals surface area contributed by atoms with Crippen molar-refractivity contribution in [3.8, 4) is 11.4 Å². The fourth-order valence-electron chi connectivity index (χ4n) is 3.68. The van der Waals surface area contributed by atoms with Gasteiger partial charge in [-0.25, -0.2) is 13.6 Å². The summed E-state index contributed by atoms with van der Waals surface area (Å²) < 4.78 is 39.7. The van der Waals surface area contributed by atoms with Crippen LogP contribution in [0.1, 0.15) is 30.3 Å². The zero-order chi connectivity index (χ0) is 22.4. The Morgan fingerprint density at radius 2 is 1.88 bits per heavy atom. The van der Waals surface area contributed by atoms with Gasteiger partial charge in [-0.2, -0.15) is 4.98 Å². The molecule has 0 bridgehead atoms. The first-order chi connectivity index (χ1) is 15.4. The molecule has 11 heteroatoms. The lowest BCUT2D eigenvalue weighted by atomic mass is 10.0. The highest BCUT2D eigenvalue weighted by molar-refractivity contribution is 6.00. The van der Waals surface area contributed by atoms with Crippen LogP contribution in [0.15, 0.2) is 50.1 Å². The fourth-order valence-corrected chi connectivity index (χ4v) is 3.68. The summed E-state index contributed by atoms with van der Waals surface area (Å²) in [6.07, 6.45) is -0.0246. The highest BCUT2D eigenvalue weighted by Crippen LogP contribution is 2.28. The normalized spacial score (nSPS) is 16.5. The second-order valence-corrected chi connectivity index (χ2v) is 7.29. The Balaban J connectivity index is 1.50. The highest BCUT2D eigenvalue weighted by atomic mass is 19.1. The maximum absolute atomic E-state index is 15.4. The molecule has 5 rings (SSSR count). The van der Waals surface area contributed by atoms with Crippen LogP contribution in [0.3, 0.4) is 0 Å². The van der Waals surface area contributed by atoms with E-state index in [1.165, 1.54) is 36.4 Å². The molecule has 32 heavy (non-hydrogen) atoms. The molecule has 1 atom stereocenters. The van der Waals surface area contributed by atoms with Crippen molar-refractivity contribution < 1.29 is 27.3 Å². The molecule has 4 aromatic rings. The molecule has 2 aromatic heterocycles. The van der Waals surface area contributed by atoms with Crippen LogP contribution in [0.2, 0.25) is 0 Å². The van der Waals surface area contributed by atoms with Crippen molar-refractivity contribution in [1.29, 1.82) is 0 Å². The number of hydrogen-bond acceptors (Lipinski definition) is 7. The zero-order valence-electron chi connectivity index (χ0n) is 16.3. The molecule has 1 unspecified atom stereocenters. The number of nitrogens with zero attached hydrogens (tertiary/aromatic N) is 3. The van der Waals surface area contributed by atoms with E-state index in [2.05, 4.69) is 15.5 Å². The number of piperidine rings is 1. The minimum atomic E-state index is -1.07. The number of amides is 2. The molecule has 1 aliphatic rings. The van der Waals surface area contributed by atoms with E-state index in [1.54, 1.807) is 0 Å². The van der Waals surface area contributed by atoms with Crippen LogP contribution in [0.4, 0.5) is 8.78 Å². The van der Waals surface area contributed by atoms with Crippen molar-refractivity contribution >= 4 is 22.9 Å². The zero-order valence-corrected chi connectivity index (χ0v) is 16.3. The molecule has 162 valence electrons. The maximum atomic E-state index is 15.4. The number of benzene rings is 2. The first-order valence-corrected chi connectivity index (χ1v) is 9.65. The van der Waals surface area contributed by atoms with Crippen LogP contribution in [0.5, 0.6) is 0 Å². The van der Waals surface area contributed by atoms with Crippen molar-refractivity contribution in [2.45, 2.75) is 25.3 Å². The Morgan fingerprint density at radius 3 is 2.62 bits per heavy atom. The van der Waals surface area contributed by atoms with E-state index in [0.29, 0.717) is 5.56 Å². The van der Waals surface area contributed by atoms with Gasteiger partial charge < -0.3 is 8.94 Å². The highest BCUT2D eigenvalue weighted by Gasteiger charge is 2.32. The number of imide groups is 1. The second-order valence-electron chi connectivity index (χ2n) is 7.29. The molecular weight excluding hydrogens is 426 g/mol. The van der Waals surface area contributed by atoms with Gasteiger partial charge in [-0.15, -0.1) is 0 Å². The largest absolute Gasteiger partial charge is 0.420 e. The van der Waals surface area contributed by atoms with Crippen LogP contribution in [-0.2, 0) is 16.0 Å². The average molecular weight is 440 g/mol. The molecule has 0 aliphatic carbocycles. The summed E-state index contributed by atoms with van der Waals surface area (Å²) in [5.74, 6) is -2.93. The molecule has 1 aliphatic heterocycles. The van der Waals surface area contributed by atoms with Gasteiger partial charge in [-0.1, -0.05) is 11.2 Å². The number of carbonyl (C=O) groups is 2. The molecule has 2 aromatic carbocycles. The lowest BCUT2D eigenvalue weighted by molar-refractivity contribution is -0.135. The van der Waals surface area contributed by atoms with Crippen molar-refractivity contribution in [3.05, 3.63) is 70.0 Å². The second kappa shape index (κ2) is 7.52. The van der Waals surface area contributed by atoms with E-state index in [4.69, 9.17) is 8.94 Å². The summed E-state index contributed by atoms with van der Waals surface area (Å²) in [4.78, 5) is 40.2. The van der Waals surface area contributed by atoms with Crippen molar-refractivity contribution in [2.24, 2.45) is 0 Å². The predicted molar refractivity (Wildman–Crippen MR) is 104 cm³/mol. The van der Waals surface area contributed by atoms with Gasteiger partial charge in [-0.05, 0) is 42.3 Å². The molecule has 0 spiro atoms. The van der Waals surface area contributed by atoms with Gasteiger partial charge in [0.2, 0.25) is 23.5 Å². The van der Waals surface area contributed by atoms with Gasteiger partial charge >= 0.3 is 5.76 Å². The third-order valence-electron chi connectivity index (χ3n) is 5.23. The third kappa shape index (κ3) is 3.37. The molecule has 1 saturated heterocycles. The minimum Gasteiger partial charge on any atom is -0.408 e. The van der Waals surface area contributed by atoms with E-state index < -0.39 is 35.2 Å². The topological polar surface area (TPSA) is 120 Å². The van der Waals surface area contributed by atoms with Gasteiger partial charge in [0, 0.05) is 12.0 Å². The molecule has 3 heterocycles. The molecule has 9 nitrogen and oxygen atoms in total. The maximum Gasteiger partial charge on any atom is 0.420 e. The summed E-state index contributed by atoms with van der Waals surface area (Å²) >= 11 is 0. The Labute approximate surface area is 177 Å². The number of hydrogen-bond donors (Lipinski definition) is 1. The van der Waals surface area contributed by atoms with E-state index in [1.807, 2.05) is 0 Å². The number of halogens is 2. The van der Waals surface area contributed by atoms with E-state index >= 15 is 4.39 Å². The quantitative estimate of drug-likeness (QED) is 0.484. The first kappa shape index (κ1) is 19.8. The number of rotatable bonds is 4. The number of carbonyl (C=O) groups excluding carboxylic acids is 2.